The Labute approximate surface area is 230 Å². The number of aryl methyl sites for hydroxylation is 1. The predicted molar refractivity (Wildman–Crippen MR) is 152 cm³/mol. The number of anilines is 3. The van der Waals surface area contributed by atoms with E-state index >= 15 is 0 Å². The predicted octanol–water partition coefficient (Wildman–Crippen LogP) is 4.53. The molecule has 1 aromatic carbocycles. The van der Waals surface area contributed by atoms with E-state index < -0.39 is 0 Å². The fraction of sp³-hybridized carbons (Fsp3) is 0.345. The van der Waals surface area contributed by atoms with Crippen LogP contribution in [0.2, 0.25) is 0 Å². The number of carbonyl (C=O) groups excluding carboxylic acids is 1. The normalized spacial score (nSPS) is 15.0. The first kappa shape index (κ1) is 25.5. The zero-order valence-electron chi connectivity index (χ0n) is 22.4. The third-order valence-electron chi connectivity index (χ3n) is 7.23. The van der Waals surface area contributed by atoms with Gasteiger partial charge in [0.05, 0.1) is 49.2 Å². The van der Waals surface area contributed by atoms with Crippen LogP contribution in [0.5, 0.6) is 0 Å². The number of amides is 1. The summed E-state index contributed by atoms with van der Waals surface area (Å²) >= 11 is 1.55. The summed E-state index contributed by atoms with van der Waals surface area (Å²) in [6.45, 7) is 8.41. The molecule has 3 aromatic heterocycles. The third-order valence-corrected chi connectivity index (χ3v) is 8.83. The van der Waals surface area contributed by atoms with E-state index in [0.717, 1.165) is 27.3 Å². The quantitative estimate of drug-likeness (QED) is 0.382. The van der Waals surface area contributed by atoms with Crippen LogP contribution in [0, 0.1) is 0 Å². The molecule has 0 radical (unpaired) electrons. The van der Waals surface area contributed by atoms with Crippen molar-refractivity contribution in [3.8, 4) is 11.1 Å². The van der Waals surface area contributed by atoms with Gasteiger partial charge in [-0.1, -0.05) is 32.9 Å². The Morgan fingerprint density at radius 1 is 1.18 bits per heavy atom. The lowest BCUT2D eigenvalue weighted by molar-refractivity contribution is 0.0801. The molecule has 0 atom stereocenters. The first-order valence-corrected chi connectivity index (χ1v) is 13.8. The van der Waals surface area contributed by atoms with Crippen molar-refractivity contribution in [3.05, 3.63) is 79.5 Å². The summed E-state index contributed by atoms with van der Waals surface area (Å²) in [5.41, 5.74) is 4.93. The van der Waals surface area contributed by atoms with Gasteiger partial charge in [0.25, 0.3) is 11.5 Å². The fourth-order valence-electron chi connectivity index (χ4n) is 5.16. The molecule has 9 nitrogen and oxygen atoms in total. The highest BCUT2D eigenvalue weighted by atomic mass is 32.1. The van der Waals surface area contributed by atoms with Crippen LogP contribution in [-0.4, -0.2) is 32.0 Å². The second-order valence-corrected chi connectivity index (χ2v) is 12.1. The summed E-state index contributed by atoms with van der Waals surface area (Å²) in [6, 6.07) is 11.4. The van der Waals surface area contributed by atoms with Crippen molar-refractivity contribution in [2.75, 3.05) is 16.8 Å². The number of hydrogen-bond donors (Lipinski definition) is 2. The molecule has 0 aliphatic carbocycles. The molecular weight excluding hydrogens is 514 g/mol. The van der Waals surface area contributed by atoms with E-state index in [1.807, 2.05) is 28.9 Å². The van der Waals surface area contributed by atoms with Crippen molar-refractivity contribution < 1.29 is 14.6 Å². The van der Waals surface area contributed by atoms with Gasteiger partial charge in [-0.2, -0.15) is 5.10 Å². The summed E-state index contributed by atoms with van der Waals surface area (Å²) in [6.07, 6.45) is 1.75. The lowest BCUT2D eigenvalue weighted by atomic mass is 9.94. The highest BCUT2D eigenvalue weighted by Crippen LogP contribution is 2.41. The zero-order chi connectivity index (χ0) is 27.5. The zero-order valence-corrected chi connectivity index (χ0v) is 23.3. The van der Waals surface area contributed by atoms with Gasteiger partial charge in [-0.15, -0.1) is 11.3 Å². The highest BCUT2D eigenvalue weighted by Gasteiger charge is 2.34. The maximum atomic E-state index is 13.5. The number of thiophene rings is 1. The first-order valence-electron chi connectivity index (χ1n) is 12.9. The van der Waals surface area contributed by atoms with Crippen molar-refractivity contribution in [1.82, 2.24) is 14.3 Å². The van der Waals surface area contributed by atoms with Crippen LogP contribution in [0.1, 0.15) is 52.1 Å². The Hall–Kier alpha value is -3.73. The molecule has 0 unspecified atom stereocenters. The Morgan fingerprint density at radius 2 is 2.00 bits per heavy atom. The van der Waals surface area contributed by atoms with Crippen molar-refractivity contribution in [2.45, 2.75) is 52.5 Å². The largest absolute Gasteiger partial charge is 0.392 e. The Bertz CT molecular complexity index is 1640. The average Bonchev–Trinajstić information content (AvgIpc) is 3.59. The molecule has 2 aliphatic rings. The maximum absolute atomic E-state index is 13.5. The van der Waals surface area contributed by atoms with E-state index in [4.69, 9.17) is 4.74 Å². The second-order valence-electron chi connectivity index (χ2n) is 11.0. The van der Waals surface area contributed by atoms with E-state index in [0.29, 0.717) is 49.1 Å². The summed E-state index contributed by atoms with van der Waals surface area (Å²) in [5.74, 6) is 0.525. The summed E-state index contributed by atoms with van der Waals surface area (Å²) in [4.78, 5) is 30.2. The number of aliphatic hydroxyl groups excluding tert-OH is 1. The van der Waals surface area contributed by atoms with Crippen LogP contribution in [0.4, 0.5) is 17.2 Å². The van der Waals surface area contributed by atoms with E-state index in [-0.39, 0.29) is 23.5 Å². The van der Waals surface area contributed by atoms with Gasteiger partial charge in [-0.25, -0.2) is 0 Å². The molecule has 4 aromatic rings. The molecule has 5 heterocycles. The number of aliphatic hydroxyl groups is 1. The minimum absolute atomic E-state index is 0.0189. The van der Waals surface area contributed by atoms with Gasteiger partial charge in [0.2, 0.25) is 0 Å². The lowest BCUT2D eigenvalue weighted by Gasteiger charge is -2.22. The molecule has 2 aliphatic heterocycles. The van der Waals surface area contributed by atoms with Gasteiger partial charge in [0, 0.05) is 35.3 Å². The Kier molecular flexibility index (Phi) is 6.21. The monoisotopic (exact) mass is 545 g/mol. The smallest absolute Gasteiger partial charge is 0.274 e. The first-order chi connectivity index (χ1) is 18.6. The molecule has 6 rings (SSSR count). The number of carbonyl (C=O) groups is 1. The molecule has 39 heavy (non-hydrogen) atoms. The third kappa shape index (κ3) is 4.48. The lowest BCUT2D eigenvalue weighted by Crippen LogP contribution is -2.25. The van der Waals surface area contributed by atoms with Gasteiger partial charge in [0.15, 0.2) is 5.82 Å². The molecule has 0 saturated carbocycles. The molecule has 0 saturated heterocycles. The summed E-state index contributed by atoms with van der Waals surface area (Å²) in [5, 5.41) is 18.2. The van der Waals surface area contributed by atoms with E-state index in [1.165, 1.54) is 9.44 Å². The van der Waals surface area contributed by atoms with E-state index in [9.17, 15) is 14.7 Å². The minimum Gasteiger partial charge on any atom is -0.392 e. The number of pyridine rings is 1. The minimum atomic E-state index is -0.254. The van der Waals surface area contributed by atoms with Gasteiger partial charge < -0.3 is 24.6 Å². The van der Waals surface area contributed by atoms with Crippen LogP contribution in [-0.2, 0) is 43.5 Å². The topological polar surface area (TPSA) is 102 Å². The number of hydrogen-bond acceptors (Lipinski definition) is 7. The Balaban J connectivity index is 1.36. The number of rotatable bonds is 5. The van der Waals surface area contributed by atoms with Gasteiger partial charge in [-0.3, -0.25) is 14.3 Å². The number of nitrogens with one attached hydrogen (secondary N) is 1. The molecule has 1 amide bonds. The van der Waals surface area contributed by atoms with E-state index in [1.54, 1.807) is 35.5 Å². The van der Waals surface area contributed by atoms with Crippen molar-refractivity contribution in [2.24, 2.45) is 7.05 Å². The summed E-state index contributed by atoms with van der Waals surface area (Å²) in [7, 11) is 1.69. The van der Waals surface area contributed by atoms with Crippen LogP contribution in [0.25, 0.3) is 11.1 Å². The Morgan fingerprint density at radius 3 is 2.72 bits per heavy atom. The average molecular weight is 546 g/mol. The van der Waals surface area contributed by atoms with Crippen molar-refractivity contribution >= 4 is 34.4 Å². The van der Waals surface area contributed by atoms with Crippen LogP contribution in [0.3, 0.4) is 0 Å². The summed E-state index contributed by atoms with van der Waals surface area (Å²) < 4.78 is 8.89. The molecule has 2 N–H and O–H groups in total. The molecule has 0 spiro atoms. The fourth-order valence-corrected chi connectivity index (χ4v) is 6.34. The number of benzene rings is 1. The van der Waals surface area contributed by atoms with Gasteiger partial charge in [-0.05, 0) is 34.7 Å². The number of nitrogens with zero attached hydrogens (tertiary/aromatic N) is 4. The molecule has 0 bridgehead atoms. The number of fused-ring (bicyclic) bond motifs is 2. The molecule has 10 heteroatoms. The molecular formula is C29H31N5O4S. The molecule has 202 valence electrons. The number of aromatic nitrogens is 3. The van der Waals surface area contributed by atoms with Gasteiger partial charge >= 0.3 is 0 Å². The standard InChI is InChI=1S/C29H31N5O4S/c1-29(2,3)24-11-18-14-33(28(37)26(18)39-24)23-7-5-6-20(21(23)15-35)17-10-22(27(36)32(4)13-17)30-25-12-19-16-38-9-8-34(19)31-25/h5-7,10-13,35H,8-9,14-16H2,1-4H3,(H,30,31). The van der Waals surface area contributed by atoms with Crippen LogP contribution < -0.4 is 15.8 Å². The molecule has 0 fully saturated rings. The van der Waals surface area contributed by atoms with Gasteiger partial charge in [0.1, 0.15) is 5.69 Å². The second kappa shape index (κ2) is 9.48. The number of ether oxygens (including phenoxy) is 1. The maximum Gasteiger partial charge on any atom is 0.274 e. The van der Waals surface area contributed by atoms with E-state index in [2.05, 4.69) is 37.3 Å². The van der Waals surface area contributed by atoms with Crippen molar-refractivity contribution in [3.63, 3.8) is 0 Å². The highest BCUT2D eigenvalue weighted by molar-refractivity contribution is 7.14. The van der Waals surface area contributed by atoms with Crippen LogP contribution >= 0.6 is 11.3 Å². The van der Waals surface area contributed by atoms with Crippen LogP contribution in [0.15, 0.2) is 47.4 Å². The SMILES string of the molecule is Cn1cc(-c2cccc(N3Cc4cc(C(C)(C)C)sc4C3=O)c2CO)cc(Nc2cc3n(n2)CCOC3)c1=O. The van der Waals surface area contributed by atoms with Crippen molar-refractivity contribution in [1.29, 1.82) is 0 Å².